The van der Waals surface area contributed by atoms with Crippen LogP contribution in [0.3, 0.4) is 0 Å². The van der Waals surface area contributed by atoms with Crippen molar-refractivity contribution in [3.8, 4) is 0 Å². The van der Waals surface area contributed by atoms with Crippen LogP contribution >= 0.6 is 0 Å². The highest BCUT2D eigenvalue weighted by Crippen LogP contribution is 2.45. The predicted molar refractivity (Wildman–Crippen MR) is 75.4 cm³/mol. The van der Waals surface area contributed by atoms with E-state index in [1.807, 2.05) is 0 Å². The fourth-order valence-electron chi connectivity index (χ4n) is 2.74. The molecule has 8 heteroatoms. The molecular formula is C14H17F2NO4S. The molecule has 1 aromatic carbocycles. The first-order valence-electron chi connectivity index (χ1n) is 6.78. The van der Waals surface area contributed by atoms with Gasteiger partial charge in [0.25, 0.3) is 0 Å². The summed E-state index contributed by atoms with van der Waals surface area (Å²) in [6.45, 7) is 0. The molecule has 0 atom stereocenters. The van der Waals surface area contributed by atoms with Gasteiger partial charge in [0.05, 0.1) is 10.3 Å². The highest BCUT2D eigenvalue weighted by Gasteiger charge is 2.49. The van der Waals surface area contributed by atoms with Crippen molar-refractivity contribution in [3.63, 3.8) is 0 Å². The Morgan fingerprint density at radius 3 is 2.05 bits per heavy atom. The lowest BCUT2D eigenvalue weighted by Gasteiger charge is -2.37. The molecule has 1 aliphatic carbocycles. The summed E-state index contributed by atoms with van der Waals surface area (Å²) in [4.78, 5) is 11.7. The van der Waals surface area contributed by atoms with Gasteiger partial charge in [0.1, 0.15) is 0 Å². The van der Waals surface area contributed by atoms with Gasteiger partial charge in [0.15, 0.2) is 0 Å². The van der Waals surface area contributed by atoms with Crippen molar-refractivity contribution < 1.29 is 27.1 Å². The van der Waals surface area contributed by atoms with Gasteiger partial charge < -0.3 is 5.11 Å². The Morgan fingerprint density at radius 2 is 1.64 bits per heavy atom. The molecule has 1 fully saturated rings. The normalized spacial score (nSPS) is 20.5. The quantitative estimate of drug-likeness (QED) is 0.884. The Balaban J connectivity index is 2.37. The maximum absolute atomic E-state index is 13.3. The summed E-state index contributed by atoms with van der Waals surface area (Å²) in [6, 6.07) is 5.36. The fourth-order valence-corrected chi connectivity index (χ4v) is 3.47. The summed E-state index contributed by atoms with van der Waals surface area (Å²) >= 11 is 0. The van der Waals surface area contributed by atoms with E-state index in [1.54, 1.807) is 0 Å². The van der Waals surface area contributed by atoms with Crippen LogP contribution in [0.2, 0.25) is 0 Å². The van der Waals surface area contributed by atoms with E-state index < -0.39 is 40.2 Å². The smallest absolute Gasteiger partial charge is 0.314 e. The number of halogens is 2. The number of sulfonamides is 1. The largest absolute Gasteiger partial charge is 0.481 e. The predicted octanol–water partition coefficient (Wildman–Crippen LogP) is 2.13. The molecule has 0 bridgehead atoms. The average molecular weight is 333 g/mol. The van der Waals surface area contributed by atoms with Crippen molar-refractivity contribution in [2.75, 3.05) is 7.05 Å². The number of hydrogen-bond donors (Lipinski definition) is 2. The first-order chi connectivity index (χ1) is 10.1. The number of aliphatic carboxylic acids is 1. The van der Waals surface area contributed by atoms with E-state index in [0.29, 0.717) is 5.56 Å². The number of alkyl halides is 2. The second-order valence-corrected chi connectivity index (χ2v) is 7.36. The molecule has 0 spiro atoms. The van der Waals surface area contributed by atoms with Crippen LogP contribution in [0.25, 0.3) is 0 Å². The third-order valence-electron chi connectivity index (χ3n) is 4.23. The lowest BCUT2D eigenvalue weighted by atomic mass is 9.68. The third kappa shape index (κ3) is 2.98. The monoisotopic (exact) mass is 333 g/mol. The van der Waals surface area contributed by atoms with Gasteiger partial charge in [-0.3, -0.25) is 4.79 Å². The molecule has 0 amide bonds. The van der Waals surface area contributed by atoms with E-state index >= 15 is 0 Å². The molecule has 122 valence electrons. The van der Waals surface area contributed by atoms with Crippen molar-refractivity contribution in [1.29, 1.82) is 0 Å². The molecule has 5 nitrogen and oxygen atoms in total. The number of rotatable bonds is 4. The summed E-state index contributed by atoms with van der Waals surface area (Å²) in [6.07, 6.45) is -1.33. The van der Waals surface area contributed by atoms with Crippen LogP contribution in [0.1, 0.15) is 31.2 Å². The Hall–Kier alpha value is -1.54. The number of carboxylic acid groups (broad SMARTS) is 1. The zero-order valence-electron chi connectivity index (χ0n) is 12.0. The topological polar surface area (TPSA) is 83.5 Å². The minimum atomic E-state index is -3.62. The first kappa shape index (κ1) is 16.8. The van der Waals surface area contributed by atoms with E-state index in [1.165, 1.54) is 31.3 Å². The third-order valence-corrected chi connectivity index (χ3v) is 5.66. The SMILES string of the molecule is CNS(=O)(=O)c1ccc(C2(C(=O)O)CCC(F)(F)CC2)cc1. The van der Waals surface area contributed by atoms with Crippen LogP contribution < -0.4 is 4.72 Å². The van der Waals surface area contributed by atoms with Gasteiger partial charge in [-0.1, -0.05) is 12.1 Å². The number of hydrogen-bond acceptors (Lipinski definition) is 3. The molecule has 2 N–H and O–H groups in total. The van der Waals surface area contributed by atoms with E-state index in [9.17, 15) is 27.1 Å². The van der Waals surface area contributed by atoms with Gasteiger partial charge in [-0.25, -0.2) is 21.9 Å². The Labute approximate surface area is 127 Å². The highest BCUT2D eigenvalue weighted by atomic mass is 32.2. The summed E-state index contributed by atoms with van der Waals surface area (Å²) < 4.78 is 52.1. The van der Waals surface area contributed by atoms with E-state index in [2.05, 4.69) is 4.72 Å². The fraction of sp³-hybridized carbons (Fsp3) is 0.500. The van der Waals surface area contributed by atoms with Crippen LogP contribution in [0.5, 0.6) is 0 Å². The Bertz CT molecular complexity index is 661. The summed E-state index contributed by atoms with van der Waals surface area (Å²) in [5.74, 6) is -4.00. The van der Waals surface area contributed by atoms with E-state index in [-0.39, 0.29) is 17.7 Å². The van der Waals surface area contributed by atoms with Gasteiger partial charge in [0, 0.05) is 12.8 Å². The lowest BCUT2D eigenvalue weighted by Crippen LogP contribution is -2.42. The number of nitrogens with one attached hydrogen (secondary N) is 1. The van der Waals surface area contributed by atoms with Crippen molar-refractivity contribution in [2.24, 2.45) is 0 Å². The Kier molecular flexibility index (Phi) is 4.27. The molecular weight excluding hydrogens is 316 g/mol. The summed E-state index contributed by atoms with van der Waals surface area (Å²) in [7, 11) is -2.35. The molecule has 1 saturated carbocycles. The minimum Gasteiger partial charge on any atom is -0.481 e. The second-order valence-electron chi connectivity index (χ2n) is 5.48. The van der Waals surface area contributed by atoms with Crippen molar-refractivity contribution >= 4 is 16.0 Å². The molecule has 0 radical (unpaired) electrons. The van der Waals surface area contributed by atoms with Crippen molar-refractivity contribution in [3.05, 3.63) is 29.8 Å². The maximum atomic E-state index is 13.3. The minimum absolute atomic E-state index is 0.000396. The van der Waals surface area contributed by atoms with Crippen molar-refractivity contribution in [1.82, 2.24) is 4.72 Å². The van der Waals surface area contributed by atoms with Crippen LogP contribution in [0, 0.1) is 0 Å². The summed E-state index contributed by atoms with van der Waals surface area (Å²) in [5, 5.41) is 9.51. The maximum Gasteiger partial charge on any atom is 0.314 e. The molecule has 0 heterocycles. The van der Waals surface area contributed by atoms with Gasteiger partial charge in [0.2, 0.25) is 15.9 Å². The van der Waals surface area contributed by atoms with Crippen molar-refractivity contribution in [2.45, 2.75) is 41.9 Å². The average Bonchev–Trinajstić information content (AvgIpc) is 2.47. The van der Waals surface area contributed by atoms with E-state index in [4.69, 9.17) is 0 Å². The molecule has 1 aliphatic rings. The lowest BCUT2D eigenvalue weighted by molar-refractivity contribution is -0.149. The van der Waals surface area contributed by atoms with Gasteiger partial charge >= 0.3 is 5.97 Å². The number of benzene rings is 1. The number of carbonyl (C=O) groups is 1. The number of carboxylic acids is 1. The van der Waals surface area contributed by atoms with E-state index in [0.717, 1.165) is 0 Å². The van der Waals surface area contributed by atoms with Gasteiger partial charge in [-0.15, -0.1) is 0 Å². The molecule has 0 aromatic heterocycles. The van der Waals surface area contributed by atoms with Crippen LogP contribution in [-0.4, -0.2) is 32.5 Å². The van der Waals surface area contributed by atoms with Gasteiger partial charge in [-0.05, 0) is 37.6 Å². The van der Waals surface area contributed by atoms with Gasteiger partial charge in [-0.2, -0.15) is 0 Å². The molecule has 0 aliphatic heterocycles. The second kappa shape index (κ2) is 5.58. The highest BCUT2D eigenvalue weighted by molar-refractivity contribution is 7.89. The first-order valence-corrected chi connectivity index (χ1v) is 8.27. The molecule has 0 saturated heterocycles. The molecule has 22 heavy (non-hydrogen) atoms. The standard InChI is InChI=1S/C14H17F2NO4S/c1-17-22(20,21)11-4-2-10(3-5-11)13(12(18)19)6-8-14(15,16)9-7-13/h2-5,17H,6-9H2,1H3,(H,18,19). The Morgan fingerprint density at radius 1 is 1.14 bits per heavy atom. The van der Waals surface area contributed by atoms with Crippen LogP contribution in [-0.2, 0) is 20.2 Å². The zero-order chi connectivity index (χ0) is 16.6. The van der Waals surface area contributed by atoms with Crippen LogP contribution in [0.4, 0.5) is 8.78 Å². The zero-order valence-corrected chi connectivity index (χ0v) is 12.8. The summed E-state index contributed by atoms with van der Waals surface area (Å²) in [5.41, 5.74) is -1.03. The van der Waals surface area contributed by atoms with Crippen LogP contribution in [0.15, 0.2) is 29.2 Å². The molecule has 2 rings (SSSR count). The molecule has 1 aromatic rings. The molecule has 0 unspecified atom stereocenters.